The maximum Gasteiger partial charge on any atom is 0.343 e. The van der Waals surface area contributed by atoms with E-state index in [4.69, 9.17) is 14.2 Å². The minimum absolute atomic E-state index is 0.140. The monoisotopic (exact) mass is 525 g/mol. The zero-order chi connectivity index (χ0) is 27.6. The van der Waals surface area contributed by atoms with Crippen molar-refractivity contribution in [3.8, 4) is 17.2 Å². The van der Waals surface area contributed by atoms with Crippen LogP contribution in [0.4, 0.5) is 0 Å². The summed E-state index contributed by atoms with van der Waals surface area (Å²) < 4.78 is 16.2. The number of hydrazone groups is 1. The predicted octanol–water partition coefficient (Wildman–Crippen LogP) is 5.02. The molecule has 0 bridgehead atoms. The maximum atomic E-state index is 12.5. The number of hydrogen-bond donors (Lipinski definition) is 2. The Morgan fingerprint density at radius 1 is 0.868 bits per heavy atom. The van der Waals surface area contributed by atoms with Gasteiger partial charge in [-0.3, -0.25) is 9.59 Å². The first-order valence-corrected chi connectivity index (χ1v) is 13.2. The van der Waals surface area contributed by atoms with Crippen LogP contribution in [-0.4, -0.2) is 44.3 Å². The van der Waals surface area contributed by atoms with E-state index in [-0.39, 0.29) is 18.2 Å². The van der Waals surface area contributed by atoms with Gasteiger partial charge in [0.25, 0.3) is 5.91 Å². The van der Waals surface area contributed by atoms with E-state index in [1.54, 1.807) is 49.6 Å². The van der Waals surface area contributed by atoms with Crippen LogP contribution in [0, 0.1) is 0 Å². The van der Waals surface area contributed by atoms with E-state index in [2.05, 4.69) is 22.8 Å². The lowest BCUT2D eigenvalue weighted by Gasteiger charge is -2.11. The molecule has 0 saturated carbocycles. The second-order valence-corrected chi connectivity index (χ2v) is 8.70. The van der Waals surface area contributed by atoms with Crippen LogP contribution in [0.15, 0.2) is 47.6 Å². The maximum absolute atomic E-state index is 12.5. The van der Waals surface area contributed by atoms with Gasteiger partial charge < -0.3 is 19.5 Å². The average molecular weight is 526 g/mol. The number of nitrogens with zero attached hydrogens (tertiary/aromatic N) is 1. The van der Waals surface area contributed by atoms with Crippen LogP contribution in [0.3, 0.4) is 0 Å². The molecule has 0 heterocycles. The summed E-state index contributed by atoms with van der Waals surface area (Å²) in [6.07, 6.45) is 9.78. The van der Waals surface area contributed by atoms with Crippen LogP contribution in [0.5, 0.6) is 17.2 Å². The summed E-state index contributed by atoms with van der Waals surface area (Å²) in [4.78, 5) is 36.4. The van der Waals surface area contributed by atoms with Gasteiger partial charge in [0.15, 0.2) is 11.5 Å². The summed E-state index contributed by atoms with van der Waals surface area (Å²) in [5.41, 5.74) is 3.39. The van der Waals surface area contributed by atoms with Crippen LogP contribution in [0.25, 0.3) is 0 Å². The fourth-order valence-corrected chi connectivity index (χ4v) is 3.57. The smallest absolute Gasteiger partial charge is 0.343 e. The predicted molar refractivity (Wildman–Crippen MR) is 147 cm³/mol. The second-order valence-electron chi connectivity index (χ2n) is 8.70. The molecular formula is C29H39N3O6. The molecule has 9 nitrogen and oxygen atoms in total. The molecule has 0 saturated heterocycles. The van der Waals surface area contributed by atoms with Crippen molar-refractivity contribution in [1.29, 1.82) is 0 Å². The van der Waals surface area contributed by atoms with E-state index in [1.165, 1.54) is 31.9 Å². The quantitative estimate of drug-likeness (QED) is 0.0985. The van der Waals surface area contributed by atoms with Crippen molar-refractivity contribution in [2.45, 2.75) is 65.2 Å². The number of carbonyl (C=O) groups excluding carboxylic acids is 3. The lowest BCUT2D eigenvalue weighted by Crippen LogP contribution is -2.34. The lowest BCUT2D eigenvalue weighted by molar-refractivity contribution is -0.126. The molecule has 2 aromatic rings. The lowest BCUT2D eigenvalue weighted by atomic mass is 10.1. The Hall–Kier alpha value is -3.88. The molecule has 2 amide bonds. The highest BCUT2D eigenvalue weighted by atomic mass is 16.6. The Balaban J connectivity index is 1.79. The zero-order valence-corrected chi connectivity index (χ0v) is 22.6. The molecule has 0 aliphatic heterocycles. The normalized spacial score (nSPS) is 10.7. The molecule has 2 N–H and O–H groups in total. The van der Waals surface area contributed by atoms with E-state index >= 15 is 0 Å². The SMILES string of the molecule is CCCCCCCCCC(=O)NCC(=O)N/N=C\c1ccc(OC(=O)c2ccc(OC)cc2)c(OCC)c1. The number of rotatable bonds is 17. The molecule has 9 heteroatoms. The van der Waals surface area contributed by atoms with Crippen LogP contribution >= 0.6 is 0 Å². The molecular weight excluding hydrogens is 486 g/mol. The molecule has 0 fully saturated rings. The van der Waals surface area contributed by atoms with Crippen LogP contribution in [0.1, 0.15) is 81.1 Å². The van der Waals surface area contributed by atoms with Gasteiger partial charge in [-0.15, -0.1) is 0 Å². The van der Waals surface area contributed by atoms with E-state index in [9.17, 15) is 14.4 Å². The van der Waals surface area contributed by atoms with E-state index in [0.29, 0.717) is 35.7 Å². The molecule has 2 rings (SSSR count). The minimum atomic E-state index is -0.531. The molecule has 0 aliphatic rings. The highest BCUT2D eigenvalue weighted by Gasteiger charge is 2.13. The number of unbranched alkanes of at least 4 members (excludes halogenated alkanes) is 6. The number of hydrogen-bond acceptors (Lipinski definition) is 7. The third-order valence-corrected chi connectivity index (χ3v) is 5.65. The summed E-state index contributed by atoms with van der Waals surface area (Å²) in [5.74, 6) is 0.164. The standard InChI is InChI=1S/C29H39N3O6/c1-4-6-7-8-9-10-11-12-27(33)30-21-28(34)32-31-20-22-13-18-25(26(19-22)37-5-2)38-29(35)23-14-16-24(36-3)17-15-23/h13-20H,4-12,21H2,1-3H3,(H,30,33)(H,32,34)/b31-20-. The van der Waals surface area contributed by atoms with Gasteiger partial charge >= 0.3 is 5.97 Å². The van der Waals surface area contributed by atoms with Gasteiger partial charge in [0.05, 0.1) is 32.0 Å². The summed E-state index contributed by atoms with van der Waals surface area (Å²) in [7, 11) is 1.55. The first-order valence-electron chi connectivity index (χ1n) is 13.2. The Kier molecular flexibility index (Phi) is 14.0. The van der Waals surface area contributed by atoms with Gasteiger partial charge in [-0.05, 0) is 61.4 Å². The van der Waals surface area contributed by atoms with Gasteiger partial charge in [0, 0.05) is 6.42 Å². The van der Waals surface area contributed by atoms with Crippen molar-refractivity contribution >= 4 is 24.0 Å². The second kappa shape index (κ2) is 17.6. The Morgan fingerprint density at radius 2 is 1.58 bits per heavy atom. The van der Waals surface area contributed by atoms with E-state index < -0.39 is 11.9 Å². The molecule has 0 aromatic heterocycles. The van der Waals surface area contributed by atoms with Crippen LogP contribution < -0.4 is 25.0 Å². The minimum Gasteiger partial charge on any atom is -0.497 e. The largest absolute Gasteiger partial charge is 0.497 e. The van der Waals surface area contributed by atoms with Gasteiger partial charge in [-0.25, -0.2) is 10.2 Å². The molecule has 0 radical (unpaired) electrons. The van der Waals surface area contributed by atoms with E-state index in [1.807, 2.05) is 6.92 Å². The first-order chi connectivity index (χ1) is 18.5. The molecule has 0 aliphatic carbocycles. The van der Waals surface area contributed by atoms with Crippen molar-refractivity contribution in [3.63, 3.8) is 0 Å². The molecule has 0 unspecified atom stereocenters. The summed E-state index contributed by atoms with van der Waals surface area (Å²) in [6.45, 7) is 4.23. The Morgan fingerprint density at radius 3 is 2.26 bits per heavy atom. The number of nitrogens with one attached hydrogen (secondary N) is 2. The number of ether oxygens (including phenoxy) is 3. The highest BCUT2D eigenvalue weighted by molar-refractivity contribution is 5.92. The third kappa shape index (κ3) is 11.5. The molecule has 206 valence electrons. The fourth-order valence-electron chi connectivity index (χ4n) is 3.57. The van der Waals surface area contributed by atoms with Crippen molar-refractivity contribution in [2.75, 3.05) is 20.3 Å². The summed E-state index contributed by atoms with van der Waals surface area (Å²) >= 11 is 0. The zero-order valence-electron chi connectivity index (χ0n) is 22.6. The number of esters is 1. The highest BCUT2D eigenvalue weighted by Crippen LogP contribution is 2.29. The topological polar surface area (TPSA) is 115 Å². The van der Waals surface area contributed by atoms with Gasteiger partial charge in [0.1, 0.15) is 5.75 Å². The summed E-state index contributed by atoms with van der Waals surface area (Å²) in [5, 5.41) is 6.55. The number of benzene rings is 2. The molecule has 2 aromatic carbocycles. The number of methoxy groups -OCH3 is 1. The molecule has 38 heavy (non-hydrogen) atoms. The van der Waals surface area contributed by atoms with Gasteiger partial charge in [-0.1, -0.05) is 45.4 Å². The van der Waals surface area contributed by atoms with Crippen molar-refractivity contribution in [1.82, 2.24) is 10.7 Å². The van der Waals surface area contributed by atoms with Crippen molar-refractivity contribution in [2.24, 2.45) is 5.10 Å². The van der Waals surface area contributed by atoms with Crippen molar-refractivity contribution in [3.05, 3.63) is 53.6 Å². The Labute approximate surface area is 224 Å². The number of carbonyl (C=O) groups is 3. The fraction of sp³-hybridized carbons (Fsp3) is 0.448. The van der Waals surface area contributed by atoms with Crippen LogP contribution in [-0.2, 0) is 9.59 Å². The molecule has 0 atom stereocenters. The van der Waals surface area contributed by atoms with Gasteiger partial charge in [-0.2, -0.15) is 5.10 Å². The third-order valence-electron chi connectivity index (χ3n) is 5.65. The summed E-state index contributed by atoms with van der Waals surface area (Å²) in [6, 6.07) is 11.5. The first kappa shape index (κ1) is 30.3. The van der Waals surface area contributed by atoms with Gasteiger partial charge in [0.2, 0.25) is 5.91 Å². The van der Waals surface area contributed by atoms with Crippen LogP contribution in [0.2, 0.25) is 0 Å². The van der Waals surface area contributed by atoms with Crippen molar-refractivity contribution < 1.29 is 28.6 Å². The van der Waals surface area contributed by atoms with E-state index in [0.717, 1.165) is 19.3 Å². The molecule has 0 spiro atoms. The average Bonchev–Trinajstić information content (AvgIpc) is 2.93. The number of amides is 2. The Bertz CT molecular complexity index is 1050.